The van der Waals surface area contributed by atoms with Gasteiger partial charge < -0.3 is 5.11 Å². The van der Waals surface area contributed by atoms with Crippen molar-refractivity contribution in [3.05, 3.63) is 46.4 Å². The maximum atomic E-state index is 10.6. The van der Waals surface area contributed by atoms with Gasteiger partial charge in [-0.25, -0.2) is 0 Å². The maximum absolute atomic E-state index is 10.6. The summed E-state index contributed by atoms with van der Waals surface area (Å²) in [5, 5.41) is 11.0. The van der Waals surface area contributed by atoms with Crippen molar-refractivity contribution in [2.75, 3.05) is 0 Å². The van der Waals surface area contributed by atoms with Gasteiger partial charge in [0.25, 0.3) is 0 Å². The van der Waals surface area contributed by atoms with E-state index in [1.54, 1.807) is 0 Å². The van der Waals surface area contributed by atoms with Crippen LogP contribution < -0.4 is 0 Å². The smallest absolute Gasteiger partial charge is 0.303 e. The average Bonchev–Trinajstić information content (AvgIpc) is 2.25. The topological polar surface area (TPSA) is 37.3 Å². The normalized spacial score (nSPS) is 10.6. The fourth-order valence-electron chi connectivity index (χ4n) is 1.78. The number of aliphatic carboxylic acids is 1. The van der Waals surface area contributed by atoms with E-state index < -0.39 is 5.97 Å². The lowest BCUT2D eigenvalue weighted by Gasteiger charge is -2.05. The first-order valence-corrected chi connectivity index (χ1v) is 5.85. The molecule has 2 aromatic rings. The highest BCUT2D eigenvalue weighted by molar-refractivity contribution is 9.10. The van der Waals surface area contributed by atoms with E-state index in [0.717, 1.165) is 20.8 Å². The number of carbonyl (C=O) groups is 1. The summed E-state index contributed by atoms with van der Waals surface area (Å²) in [5.41, 5.74) is 1.09. The number of hydrogen-bond donors (Lipinski definition) is 1. The van der Waals surface area contributed by atoms with Crippen LogP contribution in [0.4, 0.5) is 0 Å². The van der Waals surface area contributed by atoms with E-state index >= 15 is 0 Å². The number of carboxylic acid groups (broad SMARTS) is 1. The van der Waals surface area contributed by atoms with Crippen LogP contribution in [-0.2, 0) is 11.2 Å². The van der Waals surface area contributed by atoms with Gasteiger partial charge in [0.05, 0.1) is 0 Å². The van der Waals surface area contributed by atoms with E-state index in [-0.39, 0.29) is 6.42 Å². The predicted molar refractivity (Wildman–Crippen MR) is 67.6 cm³/mol. The molecule has 0 heterocycles. The molecular weight excluding hydrogens is 268 g/mol. The van der Waals surface area contributed by atoms with Crippen molar-refractivity contribution in [1.29, 1.82) is 0 Å². The Labute approximate surface area is 102 Å². The number of fused-ring (bicyclic) bond motifs is 1. The lowest BCUT2D eigenvalue weighted by molar-refractivity contribution is -0.136. The van der Waals surface area contributed by atoms with Crippen molar-refractivity contribution >= 4 is 32.7 Å². The van der Waals surface area contributed by atoms with Crippen LogP contribution in [0.1, 0.15) is 12.0 Å². The third kappa shape index (κ3) is 2.42. The van der Waals surface area contributed by atoms with E-state index in [9.17, 15) is 4.79 Å². The minimum atomic E-state index is -0.755. The molecule has 3 heteroatoms. The first kappa shape index (κ1) is 11.1. The number of rotatable bonds is 3. The molecule has 82 valence electrons. The molecule has 0 aliphatic rings. The Kier molecular flexibility index (Phi) is 3.25. The predicted octanol–water partition coefficient (Wildman–Crippen LogP) is 3.62. The summed E-state index contributed by atoms with van der Waals surface area (Å²) in [7, 11) is 0. The number of aryl methyl sites for hydroxylation is 1. The highest BCUT2D eigenvalue weighted by atomic mass is 79.9. The number of hydrogen-bond acceptors (Lipinski definition) is 1. The summed E-state index contributed by atoms with van der Waals surface area (Å²) in [6.07, 6.45) is 0.753. The van der Waals surface area contributed by atoms with E-state index in [0.29, 0.717) is 6.42 Å². The Hall–Kier alpha value is -1.35. The molecule has 0 aliphatic carbocycles. The molecule has 0 radical (unpaired) electrons. The lowest BCUT2D eigenvalue weighted by Crippen LogP contribution is -1.97. The molecular formula is C13H11BrO2. The molecule has 0 aliphatic heterocycles. The van der Waals surface area contributed by atoms with Crippen molar-refractivity contribution in [3.8, 4) is 0 Å². The van der Waals surface area contributed by atoms with Gasteiger partial charge in [0.15, 0.2) is 0 Å². The summed E-state index contributed by atoms with van der Waals surface area (Å²) >= 11 is 3.43. The molecule has 2 rings (SSSR count). The van der Waals surface area contributed by atoms with Gasteiger partial charge in [-0.3, -0.25) is 4.79 Å². The second-order valence-corrected chi connectivity index (χ2v) is 4.59. The molecule has 1 N–H and O–H groups in total. The van der Waals surface area contributed by atoms with E-state index in [1.165, 1.54) is 0 Å². The largest absolute Gasteiger partial charge is 0.481 e. The minimum absolute atomic E-state index is 0.176. The Morgan fingerprint density at radius 1 is 1.25 bits per heavy atom. The van der Waals surface area contributed by atoms with Crippen LogP contribution in [-0.4, -0.2) is 11.1 Å². The van der Waals surface area contributed by atoms with Gasteiger partial charge in [-0.2, -0.15) is 0 Å². The van der Waals surface area contributed by atoms with Crippen LogP contribution in [0.5, 0.6) is 0 Å². The van der Waals surface area contributed by atoms with Crippen molar-refractivity contribution in [3.63, 3.8) is 0 Å². The summed E-state index contributed by atoms with van der Waals surface area (Å²) in [6.45, 7) is 0. The maximum Gasteiger partial charge on any atom is 0.303 e. The number of carboxylic acids is 1. The van der Waals surface area contributed by atoms with Gasteiger partial charge in [0.2, 0.25) is 0 Å². The summed E-state index contributed by atoms with van der Waals surface area (Å²) < 4.78 is 1.04. The summed E-state index contributed by atoms with van der Waals surface area (Å²) in [5.74, 6) is -0.755. The van der Waals surface area contributed by atoms with Crippen molar-refractivity contribution in [1.82, 2.24) is 0 Å². The van der Waals surface area contributed by atoms with Crippen molar-refractivity contribution in [2.45, 2.75) is 12.8 Å². The molecule has 0 bridgehead atoms. The van der Waals surface area contributed by atoms with Crippen molar-refractivity contribution in [2.24, 2.45) is 0 Å². The molecule has 0 aromatic heterocycles. The van der Waals surface area contributed by atoms with E-state index in [4.69, 9.17) is 5.11 Å². The van der Waals surface area contributed by atoms with Gasteiger partial charge in [0.1, 0.15) is 0 Å². The molecule has 0 amide bonds. The van der Waals surface area contributed by atoms with Gasteiger partial charge in [-0.1, -0.05) is 40.2 Å². The van der Waals surface area contributed by atoms with Crippen LogP contribution >= 0.6 is 15.9 Å². The third-order valence-corrected chi connectivity index (χ3v) is 3.03. The highest BCUT2D eigenvalue weighted by Crippen LogP contribution is 2.23. The Bertz CT molecular complexity index is 534. The zero-order chi connectivity index (χ0) is 11.5. The zero-order valence-corrected chi connectivity index (χ0v) is 10.2. The van der Waals surface area contributed by atoms with Crippen LogP contribution in [0.25, 0.3) is 10.8 Å². The van der Waals surface area contributed by atoms with E-state index in [2.05, 4.69) is 15.9 Å². The fraction of sp³-hybridized carbons (Fsp3) is 0.154. The molecule has 2 aromatic carbocycles. The molecule has 0 saturated heterocycles. The third-order valence-electron chi connectivity index (χ3n) is 2.54. The zero-order valence-electron chi connectivity index (χ0n) is 8.61. The molecule has 2 nitrogen and oxygen atoms in total. The fourth-order valence-corrected chi connectivity index (χ4v) is 2.16. The Balaban J connectivity index is 2.41. The second kappa shape index (κ2) is 4.66. The number of halogens is 1. The summed E-state index contributed by atoms with van der Waals surface area (Å²) in [6, 6.07) is 12.0. The number of benzene rings is 2. The monoisotopic (exact) mass is 278 g/mol. The lowest BCUT2D eigenvalue weighted by atomic mass is 10.0. The molecule has 0 atom stereocenters. The molecule has 16 heavy (non-hydrogen) atoms. The first-order valence-electron chi connectivity index (χ1n) is 5.06. The minimum Gasteiger partial charge on any atom is -0.481 e. The van der Waals surface area contributed by atoms with Gasteiger partial charge >= 0.3 is 5.97 Å². The van der Waals surface area contributed by atoms with Crippen LogP contribution in [0.15, 0.2) is 40.9 Å². The average molecular weight is 279 g/mol. The Morgan fingerprint density at radius 2 is 2.06 bits per heavy atom. The molecule has 0 unspecified atom stereocenters. The highest BCUT2D eigenvalue weighted by Gasteiger charge is 2.03. The van der Waals surface area contributed by atoms with Crippen LogP contribution in [0.2, 0.25) is 0 Å². The molecule has 0 spiro atoms. The van der Waals surface area contributed by atoms with Crippen LogP contribution in [0, 0.1) is 0 Å². The van der Waals surface area contributed by atoms with Gasteiger partial charge in [0, 0.05) is 10.9 Å². The SMILES string of the molecule is O=C(O)CCc1cccc2cc(Br)ccc12. The summed E-state index contributed by atoms with van der Waals surface area (Å²) in [4.78, 5) is 10.6. The van der Waals surface area contributed by atoms with Gasteiger partial charge in [-0.15, -0.1) is 0 Å². The first-order chi connectivity index (χ1) is 7.66. The molecule has 0 fully saturated rings. The van der Waals surface area contributed by atoms with Crippen molar-refractivity contribution < 1.29 is 9.90 Å². The van der Waals surface area contributed by atoms with E-state index in [1.807, 2.05) is 36.4 Å². The quantitative estimate of drug-likeness (QED) is 0.931. The second-order valence-electron chi connectivity index (χ2n) is 3.68. The standard InChI is InChI=1S/C13H11BrO2/c14-11-5-6-12-9(4-7-13(15)16)2-1-3-10(12)8-11/h1-3,5-6,8H,4,7H2,(H,15,16). The van der Waals surface area contributed by atoms with Crippen LogP contribution in [0.3, 0.4) is 0 Å². The van der Waals surface area contributed by atoms with Gasteiger partial charge in [-0.05, 0) is 34.9 Å². The molecule has 0 saturated carbocycles. The Morgan fingerprint density at radius 3 is 2.81 bits per heavy atom.